The highest BCUT2D eigenvalue weighted by atomic mass is 32.1. The van der Waals surface area contributed by atoms with Crippen molar-refractivity contribution in [3.8, 4) is 11.4 Å². The molecule has 3 N–H and O–H groups in total. The minimum atomic E-state index is -1.17. The molecule has 0 bridgehead atoms. The van der Waals surface area contributed by atoms with Crippen LogP contribution in [0.3, 0.4) is 0 Å². The number of aromatic nitrogens is 2. The topological polar surface area (TPSA) is 148 Å². The Hall–Kier alpha value is -4.38. The van der Waals surface area contributed by atoms with Gasteiger partial charge >= 0.3 is 11.9 Å². The SMILES string of the molecule is C[C@@H](NC(=O)[C@H](Cc1ccc(-c2ncc(C3=CCCC(CC(=O)OC(C)(C)C)C3)cn2)cc1)NC(=O)c1ccc(C(C)(C)C)s1)C(=O)O. The fraction of sp³-hybridized carbons (Fsp3) is 0.459. The molecule has 3 aromatic rings. The largest absolute Gasteiger partial charge is 0.480 e. The highest BCUT2D eigenvalue weighted by molar-refractivity contribution is 7.14. The van der Waals surface area contributed by atoms with Gasteiger partial charge in [0.25, 0.3) is 5.91 Å². The highest BCUT2D eigenvalue weighted by Gasteiger charge is 2.27. The van der Waals surface area contributed by atoms with E-state index in [0.29, 0.717) is 17.1 Å². The summed E-state index contributed by atoms with van der Waals surface area (Å²) in [5.41, 5.74) is 2.97. The molecule has 1 aliphatic rings. The number of carboxylic acid groups (broad SMARTS) is 1. The fourth-order valence-electron chi connectivity index (χ4n) is 5.36. The molecule has 0 radical (unpaired) electrons. The van der Waals surface area contributed by atoms with Crippen molar-refractivity contribution in [3.05, 3.63) is 75.7 Å². The summed E-state index contributed by atoms with van der Waals surface area (Å²) in [7, 11) is 0. The maximum absolute atomic E-state index is 13.2. The summed E-state index contributed by atoms with van der Waals surface area (Å²) in [5.74, 6) is -1.58. The van der Waals surface area contributed by atoms with Crippen LogP contribution in [0.2, 0.25) is 0 Å². The zero-order valence-corrected chi connectivity index (χ0v) is 29.6. The van der Waals surface area contributed by atoms with Crippen LogP contribution in [0.15, 0.2) is 54.9 Å². The van der Waals surface area contributed by atoms with Crippen LogP contribution in [0.25, 0.3) is 17.0 Å². The van der Waals surface area contributed by atoms with Gasteiger partial charge in [-0.2, -0.15) is 0 Å². The van der Waals surface area contributed by atoms with Crippen molar-refractivity contribution >= 4 is 40.7 Å². The number of aliphatic carboxylic acids is 1. The number of amides is 2. The molecule has 4 rings (SSSR count). The van der Waals surface area contributed by atoms with E-state index in [9.17, 15) is 24.3 Å². The first-order valence-electron chi connectivity index (χ1n) is 16.3. The van der Waals surface area contributed by atoms with Crippen LogP contribution in [-0.2, 0) is 31.0 Å². The van der Waals surface area contributed by atoms with Crippen molar-refractivity contribution in [3.63, 3.8) is 0 Å². The van der Waals surface area contributed by atoms with Gasteiger partial charge in [-0.05, 0) is 81.6 Å². The Morgan fingerprint density at radius 3 is 2.21 bits per heavy atom. The average molecular weight is 675 g/mol. The van der Waals surface area contributed by atoms with Crippen LogP contribution in [0, 0.1) is 5.92 Å². The molecule has 0 spiro atoms. The van der Waals surface area contributed by atoms with Crippen molar-refractivity contribution in [1.29, 1.82) is 0 Å². The second kappa shape index (κ2) is 15.2. The zero-order valence-electron chi connectivity index (χ0n) is 28.8. The summed E-state index contributed by atoms with van der Waals surface area (Å²) >= 11 is 1.37. The predicted octanol–water partition coefficient (Wildman–Crippen LogP) is 6.35. The lowest BCUT2D eigenvalue weighted by molar-refractivity contribution is -0.156. The minimum Gasteiger partial charge on any atom is -0.480 e. The molecule has 0 saturated heterocycles. The molecule has 1 aliphatic carbocycles. The third-order valence-electron chi connectivity index (χ3n) is 7.94. The quantitative estimate of drug-likeness (QED) is 0.200. The molecule has 10 nitrogen and oxygen atoms in total. The van der Waals surface area contributed by atoms with Crippen LogP contribution in [-0.4, -0.2) is 56.5 Å². The van der Waals surface area contributed by atoms with Gasteiger partial charge in [-0.1, -0.05) is 51.1 Å². The molecule has 1 unspecified atom stereocenters. The third-order valence-corrected chi connectivity index (χ3v) is 9.45. The van der Waals surface area contributed by atoms with E-state index in [1.807, 2.05) is 51.1 Å². The van der Waals surface area contributed by atoms with Gasteiger partial charge in [0.05, 0.1) is 4.88 Å². The van der Waals surface area contributed by atoms with Crippen LogP contribution in [0.4, 0.5) is 0 Å². The molecule has 11 heteroatoms. The van der Waals surface area contributed by atoms with Gasteiger partial charge in [-0.25, -0.2) is 9.97 Å². The number of hydrogen-bond donors (Lipinski definition) is 3. The Labute approximate surface area is 286 Å². The molecule has 48 heavy (non-hydrogen) atoms. The van der Waals surface area contributed by atoms with Gasteiger partial charge in [0.1, 0.15) is 17.7 Å². The van der Waals surface area contributed by atoms with E-state index in [1.54, 1.807) is 18.5 Å². The highest BCUT2D eigenvalue weighted by Crippen LogP contribution is 2.33. The number of thiophene rings is 1. The van der Waals surface area contributed by atoms with E-state index < -0.39 is 35.5 Å². The van der Waals surface area contributed by atoms with Crippen molar-refractivity contribution in [1.82, 2.24) is 20.6 Å². The maximum atomic E-state index is 13.2. The Kier molecular flexibility index (Phi) is 11.6. The summed E-state index contributed by atoms with van der Waals surface area (Å²) < 4.78 is 5.51. The number of nitrogens with one attached hydrogen (secondary N) is 2. The van der Waals surface area contributed by atoms with Gasteiger partial charge in [0.15, 0.2) is 5.82 Å². The summed E-state index contributed by atoms with van der Waals surface area (Å²) in [4.78, 5) is 60.8. The smallest absolute Gasteiger partial charge is 0.325 e. The number of allylic oxidation sites excluding steroid dienone is 2. The predicted molar refractivity (Wildman–Crippen MR) is 186 cm³/mol. The van der Waals surface area contributed by atoms with E-state index in [0.717, 1.165) is 46.4 Å². The van der Waals surface area contributed by atoms with E-state index in [1.165, 1.54) is 18.3 Å². The number of rotatable bonds is 11. The third kappa shape index (κ3) is 10.3. The Balaban J connectivity index is 1.43. The number of hydrogen-bond acceptors (Lipinski definition) is 8. The number of carbonyl (C=O) groups excluding carboxylic acids is 3. The Morgan fingerprint density at radius 1 is 0.958 bits per heavy atom. The van der Waals surface area contributed by atoms with Gasteiger partial charge in [-0.15, -0.1) is 11.3 Å². The van der Waals surface area contributed by atoms with E-state index in [4.69, 9.17) is 4.74 Å². The maximum Gasteiger partial charge on any atom is 0.325 e. The second-order valence-corrected chi connectivity index (χ2v) is 15.5. The lowest BCUT2D eigenvalue weighted by Crippen LogP contribution is -2.51. The van der Waals surface area contributed by atoms with Crippen molar-refractivity contribution < 1.29 is 29.0 Å². The van der Waals surface area contributed by atoms with Crippen molar-refractivity contribution in [2.75, 3.05) is 0 Å². The Morgan fingerprint density at radius 2 is 1.62 bits per heavy atom. The van der Waals surface area contributed by atoms with Crippen LogP contribution < -0.4 is 10.6 Å². The lowest BCUT2D eigenvalue weighted by Gasteiger charge is -2.25. The van der Waals surface area contributed by atoms with Crippen molar-refractivity contribution in [2.24, 2.45) is 5.92 Å². The molecule has 1 aromatic carbocycles. The first-order chi connectivity index (χ1) is 22.5. The summed E-state index contributed by atoms with van der Waals surface area (Å²) in [5, 5.41) is 14.6. The first kappa shape index (κ1) is 36.5. The number of esters is 1. The van der Waals surface area contributed by atoms with Gasteiger partial charge in [0, 0.05) is 41.2 Å². The monoisotopic (exact) mass is 674 g/mol. The molecule has 0 saturated carbocycles. The molecule has 2 heterocycles. The molecular weight excluding hydrogens is 628 g/mol. The van der Waals surface area contributed by atoms with E-state index in [2.05, 4.69) is 47.4 Å². The number of carbonyl (C=O) groups is 4. The number of nitrogens with zero attached hydrogens (tertiary/aromatic N) is 2. The number of benzene rings is 1. The van der Waals surface area contributed by atoms with Crippen LogP contribution >= 0.6 is 11.3 Å². The standard InChI is InChI=1S/C37H46N4O6S/c1-22(35(45)46)40-33(43)28(41-34(44)29-15-16-30(48-29)36(2,3)4)18-23-11-13-25(14-12-23)32-38-20-27(21-39-32)26-10-8-9-24(17-26)19-31(42)47-37(5,6)7/h10-16,20-22,24,28H,8-9,17-19H2,1-7H3,(H,40,43)(H,41,44)(H,45,46)/t22-,24?,28+/m1/s1. The van der Waals surface area contributed by atoms with E-state index in [-0.39, 0.29) is 23.7 Å². The molecule has 2 aromatic heterocycles. The number of ether oxygens (including phenoxy) is 1. The second-order valence-electron chi connectivity index (χ2n) is 14.4. The van der Waals surface area contributed by atoms with Gasteiger partial charge < -0.3 is 20.5 Å². The first-order valence-corrected chi connectivity index (χ1v) is 17.1. The van der Waals surface area contributed by atoms with Crippen LogP contribution in [0.5, 0.6) is 0 Å². The van der Waals surface area contributed by atoms with E-state index >= 15 is 0 Å². The normalized spacial score (nSPS) is 16.3. The minimum absolute atomic E-state index is 0.123. The molecule has 256 valence electrons. The summed E-state index contributed by atoms with van der Waals surface area (Å²) in [6.07, 6.45) is 8.90. The van der Waals surface area contributed by atoms with Gasteiger partial charge in [0.2, 0.25) is 5.91 Å². The van der Waals surface area contributed by atoms with Crippen molar-refractivity contribution in [2.45, 2.75) is 104 Å². The molecule has 0 fully saturated rings. The molecule has 3 atom stereocenters. The van der Waals surface area contributed by atoms with Gasteiger partial charge in [-0.3, -0.25) is 19.2 Å². The summed E-state index contributed by atoms with van der Waals surface area (Å²) in [6, 6.07) is 8.92. The average Bonchev–Trinajstić information content (AvgIpc) is 3.52. The Bertz CT molecular complexity index is 1650. The zero-order chi connectivity index (χ0) is 35.2. The number of carboxylic acids is 1. The molecular formula is C37H46N4O6S. The fourth-order valence-corrected chi connectivity index (χ4v) is 6.33. The molecule has 0 aliphatic heterocycles. The lowest BCUT2D eigenvalue weighted by atomic mass is 9.84. The summed E-state index contributed by atoms with van der Waals surface area (Å²) in [6.45, 7) is 13.2. The van der Waals surface area contributed by atoms with Crippen LogP contribution in [0.1, 0.15) is 99.8 Å². The molecule has 2 amide bonds.